The Hall–Kier alpha value is -4.07. The fraction of sp³-hybridized carbons (Fsp3) is 0.0370. The summed E-state index contributed by atoms with van der Waals surface area (Å²) in [5.74, 6) is -0.233. The molecule has 12 heteroatoms. The van der Waals surface area contributed by atoms with Gasteiger partial charge in [0.2, 0.25) is 0 Å². The average molecular weight is 576 g/mol. The smallest absolute Gasteiger partial charge is 0.257 e. The van der Waals surface area contributed by atoms with Gasteiger partial charge in [0.1, 0.15) is 20.1 Å². The van der Waals surface area contributed by atoms with Gasteiger partial charge in [-0.2, -0.15) is 0 Å². The van der Waals surface area contributed by atoms with Crippen molar-refractivity contribution in [2.24, 2.45) is 0 Å². The van der Waals surface area contributed by atoms with Crippen LogP contribution in [0.5, 0.6) is 0 Å². The molecule has 0 fully saturated rings. The first-order valence-corrected chi connectivity index (χ1v) is 14.4. The third kappa shape index (κ3) is 5.15. The van der Waals surface area contributed by atoms with Crippen LogP contribution in [0, 0.1) is 6.92 Å². The van der Waals surface area contributed by atoms with Crippen LogP contribution in [-0.4, -0.2) is 33.8 Å². The first-order chi connectivity index (χ1) is 18.3. The van der Waals surface area contributed by atoms with Crippen LogP contribution in [0.1, 0.15) is 15.9 Å². The van der Waals surface area contributed by atoms with Gasteiger partial charge in [0.05, 0.1) is 30.9 Å². The van der Waals surface area contributed by atoms with Gasteiger partial charge < -0.3 is 16.0 Å². The Bertz CT molecular complexity index is 1950. The number of benzene rings is 3. The number of pyridine rings is 1. The molecular formula is C27H21N5O4S3. The van der Waals surface area contributed by atoms with Crippen molar-refractivity contribution in [3.8, 4) is 21.1 Å². The molecule has 0 saturated carbocycles. The number of aromatic nitrogens is 3. The van der Waals surface area contributed by atoms with Crippen LogP contribution in [0.4, 0.5) is 5.69 Å². The molecule has 0 aliphatic carbocycles. The number of hydrogen-bond acceptors (Lipinski definition) is 9. The van der Waals surface area contributed by atoms with Gasteiger partial charge in [0, 0.05) is 29.2 Å². The maximum Gasteiger partial charge on any atom is 0.257 e. The number of carbonyl (C=O) groups is 1. The molecule has 0 aliphatic rings. The maximum atomic E-state index is 12.4. The van der Waals surface area contributed by atoms with Gasteiger partial charge in [-0.25, -0.2) is 18.4 Å². The molecule has 3 aromatic heterocycles. The number of fused-ring (bicyclic) bond motifs is 2. The van der Waals surface area contributed by atoms with Gasteiger partial charge in [0.15, 0.2) is 0 Å². The second-order valence-corrected chi connectivity index (χ2v) is 11.9. The van der Waals surface area contributed by atoms with Crippen LogP contribution < -0.4 is 11.5 Å². The van der Waals surface area contributed by atoms with E-state index in [9.17, 15) is 17.8 Å². The number of nitrogens with zero attached hydrogens (tertiary/aromatic N) is 3. The molecule has 39 heavy (non-hydrogen) atoms. The molecule has 0 bridgehead atoms. The highest BCUT2D eigenvalue weighted by atomic mass is 32.2. The van der Waals surface area contributed by atoms with Crippen LogP contribution in [-0.2, 0) is 10.1 Å². The summed E-state index contributed by atoms with van der Waals surface area (Å²) in [6, 6.07) is 19.9. The molecule has 5 N–H and O–H groups in total. The molecule has 0 aliphatic heterocycles. The Morgan fingerprint density at radius 2 is 1.59 bits per heavy atom. The van der Waals surface area contributed by atoms with E-state index in [1.807, 2.05) is 42.5 Å². The minimum Gasteiger partial charge on any atom is -0.744 e. The lowest BCUT2D eigenvalue weighted by atomic mass is 10.2. The van der Waals surface area contributed by atoms with E-state index in [0.29, 0.717) is 32.0 Å². The Kier molecular flexibility index (Phi) is 6.97. The highest BCUT2D eigenvalue weighted by Crippen LogP contribution is 2.38. The van der Waals surface area contributed by atoms with Gasteiger partial charge in [-0.15, -0.1) is 22.7 Å². The lowest BCUT2D eigenvalue weighted by molar-refractivity contribution is 0.102. The molecule has 1 amide bonds. The predicted octanol–water partition coefficient (Wildman–Crippen LogP) is 6.48. The van der Waals surface area contributed by atoms with E-state index in [1.54, 1.807) is 37.4 Å². The zero-order chi connectivity index (χ0) is 26.4. The molecule has 196 valence electrons. The van der Waals surface area contributed by atoms with Crippen molar-refractivity contribution >= 4 is 64.8 Å². The zero-order valence-corrected chi connectivity index (χ0v) is 23.2. The van der Waals surface area contributed by atoms with E-state index in [0.717, 1.165) is 26.4 Å². The van der Waals surface area contributed by atoms with Gasteiger partial charge in [-0.05, 0) is 73.2 Å². The summed E-state index contributed by atoms with van der Waals surface area (Å²) in [6.07, 6.45) is 3.13. The number of amides is 1. The molecular weight excluding hydrogens is 555 g/mol. The van der Waals surface area contributed by atoms with Crippen molar-refractivity contribution in [3.63, 3.8) is 0 Å². The number of nitrogens with one attached hydrogen (secondary N) is 1. The molecule has 0 radical (unpaired) electrons. The topological polar surface area (TPSA) is 161 Å². The number of carbonyl (C=O) groups excluding carboxylic acids is 1. The largest absolute Gasteiger partial charge is 0.744 e. The molecule has 6 rings (SSSR count). The van der Waals surface area contributed by atoms with Crippen LogP contribution in [0.3, 0.4) is 0 Å². The molecule has 0 spiro atoms. The Morgan fingerprint density at radius 1 is 0.897 bits per heavy atom. The van der Waals surface area contributed by atoms with Crippen LogP contribution in [0.15, 0.2) is 84.0 Å². The minimum absolute atomic E-state index is 0. The molecule has 0 unspecified atom stereocenters. The summed E-state index contributed by atoms with van der Waals surface area (Å²) in [7, 11) is -4.63. The normalized spacial score (nSPS) is 11.4. The van der Waals surface area contributed by atoms with Gasteiger partial charge in [0.25, 0.3) is 5.91 Å². The Balaban J connectivity index is 0.00000308. The van der Waals surface area contributed by atoms with Crippen LogP contribution in [0.25, 0.3) is 41.6 Å². The highest BCUT2D eigenvalue weighted by molar-refractivity contribution is 7.86. The molecule has 0 saturated heterocycles. The predicted molar refractivity (Wildman–Crippen MR) is 155 cm³/mol. The summed E-state index contributed by atoms with van der Waals surface area (Å²) < 4.78 is 36.9. The number of anilines is 1. The number of hydrogen-bond donors (Lipinski definition) is 2. The van der Waals surface area contributed by atoms with Crippen molar-refractivity contribution in [1.29, 1.82) is 0 Å². The Morgan fingerprint density at radius 3 is 2.31 bits per heavy atom. The summed E-state index contributed by atoms with van der Waals surface area (Å²) in [5, 5.41) is 4.30. The van der Waals surface area contributed by atoms with Crippen molar-refractivity contribution in [2.45, 2.75) is 11.8 Å². The summed E-state index contributed by atoms with van der Waals surface area (Å²) >= 11 is 2.71. The number of quaternary nitrogens is 1. The molecule has 9 nitrogen and oxygen atoms in total. The number of rotatable bonds is 5. The fourth-order valence-electron chi connectivity index (χ4n) is 4.08. The van der Waals surface area contributed by atoms with Gasteiger partial charge in [-0.3, -0.25) is 9.78 Å². The monoisotopic (exact) mass is 575 g/mol. The van der Waals surface area contributed by atoms with Crippen molar-refractivity contribution in [2.75, 3.05) is 5.32 Å². The molecule has 3 heterocycles. The lowest BCUT2D eigenvalue weighted by Crippen LogP contribution is -2.11. The summed E-state index contributed by atoms with van der Waals surface area (Å²) in [5.41, 5.74) is 4.58. The SMILES string of the molecule is Cc1ccc2nc(-c3ccc4nc(-c5ccc(NC(=O)c6cccnc6)cc5)sc4c3)sc2c1S(=O)(=O)[O-].[NH4+]. The highest BCUT2D eigenvalue weighted by Gasteiger charge is 2.17. The first-order valence-electron chi connectivity index (χ1n) is 11.3. The lowest BCUT2D eigenvalue weighted by Gasteiger charge is -2.10. The molecule has 6 aromatic rings. The molecule has 0 atom stereocenters. The van der Waals surface area contributed by atoms with Crippen LogP contribution >= 0.6 is 22.7 Å². The zero-order valence-electron chi connectivity index (χ0n) is 20.7. The van der Waals surface area contributed by atoms with Crippen LogP contribution in [0.2, 0.25) is 0 Å². The third-order valence-electron chi connectivity index (χ3n) is 5.91. The average Bonchev–Trinajstić information content (AvgIpc) is 3.52. The van der Waals surface area contributed by atoms with Gasteiger partial charge >= 0.3 is 0 Å². The Labute approximate surface area is 231 Å². The van der Waals surface area contributed by atoms with E-state index < -0.39 is 10.1 Å². The maximum absolute atomic E-state index is 12.4. The van der Waals surface area contributed by atoms with E-state index >= 15 is 0 Å². The second-order valence-electron chi connectivity index (χ2n) is 8.51. The van der Waals surface area contributed by atoms with Crippen molar-refractivity contribution in [3.05, 3.63) is 90.3 Å². The number of aryl methyl sites for hydroxylation is 1. The molecule has 3 aromatic carbocycles. The van der Waals surface area contributed by atoms with Crippen molar-refractivity contribution in [1.82, 2.24) is 21.1 Å². The van der Waals surface area contributed by atoms with E-state index in [4.69, 9.17) is 4.98 Å². The third-order valence-corrected chi connectivity index (χ3v) is 9.27. The summed E-state index contributed by atoms with van der Waals surface area (Å²) in [4.78, 5) is 25.5. The van der Waals surface area contributed by atoms with E-state index in [2.05, 4.69) is 15.3 Å². The summed E-state index contributed by atoms with van der Waals surface area (Å²) in [6.45, 7) is 1.61. The standard InChI is InChI=1S/C27H18N4O4S3.H3N/c1-15-4-10-21-23(24(15)38(33,34)35)37-27(31-21)17-7-11-20-22(13-17)36-26(30-20)16-5-8-19(9-6-16)29-25(32)18-3-2-12-28-14-18;/h2-14H,1H3,(H,29,32)(H,33,34,35);1H3. The first kappa shape index (κ1) is 26.5. The van der Waals surface area contributed by atoms with E-state index in [-0.39, 0.29) is 17.0 Å². The quantitative estimate of drug-likeness (QED) is 0.222. The number of thiazole rings is 2. The van der Waals surface area contributed by atoms with E-state index in [1.165, 1.54) is 28.9 Å². The van der Waals surface area contributed by atoms with Gasteiger partial charge in [-0.1, -0.05) is 6.07 Å². The minimum atomic E-state index is -4.63. The van der Waals surface area contributed by atoms with Crippen molar-refractivity contribution < 1.29 is 17.8 Å². The fourth-order valence-corrected chi connectivity index (χ4v) is 7.37. The second kappa shape index (κ2) is 10.2.